The van der Waals surface area contributed by atoms with Crippen LogP contribution in [-0.4, -0.2) is 11.1 Å². The third-order valence-corrected chi connectivity index (χ3v) is 3.91. The molecule has 0 radical (unpaired) electrons. The lowest BCUT2D eigenvalue weighted by molar-refractivity contribution is -0.139. The zero-order valence-corrected chi connectivity index (χ0v) is 9.29. The molecule has 1 N–H and O–H groups in total. The van der Waals surface area contributed by atoms with Crippen LogP contribution in [0.2, 0.25) is 0 Å². The maximum Gasteiger partial charge on any atom is 0.307 e. The summed E-state index contributed by atoms with van der Waals surface area (Å²) in [5.41, 5.74) is 1.60. The molecule has 3 atom stereocenters. The molecule has 0 bridgehead atoms. The number of hydrogen-bond acceptors (Lipinski definition) is 1. The van der Waals surface area contributed by atoms with Gasteiger partial charge in [0.1, 0.15) is 5.82 Å². The molecule has 2 aliphatic carbocycles. The van der Waals surface area contributed by atoms with E-state index in [0.717, 1.165) is 5.56 Å². The molecule has 2 nitrogen and oxygen atoms in total. The van der Waals surface area contributed by atoms with Crippen LogP contribution in [0.4, 0.5) is 4.39 Å². The van der Waals surface area contributed by atoms with Gasteiger partial charge < -0.3 is 5.11 Å². The summed E-state index contributed by atoms with van der Waals surface area (Å²) < 4.78 is 14.2. The Morgan fingerprint density at radius 2 is 2.27 bits per heavy atom. The lowest BCUT2D eigenvalue weighted by Crippen LogP contribution is -2.06. The molecule has 0 aliphatic heterocycles. The smallest absolute Gasteiger partial charge is 0.307 e. The summed E-state index contributed by atoms with van der Waals surface area (Å²) in [4.78, 5) is 10.8. The number of carbonyl (C=O) groups is 1. The van der Waals surface area contributed by atoms with E-state index >= 15 is 0 Å². The monoisotopic (exact) mass is 270 g/mol. The number of fused-ring (bicyclic) bond motifs is 3. The first-order valence-electron chi connectivity index (χ1n) is 4.80. The second-order valence-electron chi connectivity index (χ2n) is 4.21. The number of carboxylic acid groups (broad SMARTS) is 1. The summed E-state index contributed by atoms with van der Waals surface area (Å²) in [7, 11) is 0. The maximum atomic E-state index is 13.5. The van der Waals surface area contributed by atoms with Gasteiger partial charge in [-0.1, -0.05) is 15.9 Å². The molecule has 0 amide bonds. The molecule has 0 heterocycles. The maximum absolute atomic E-state index is 13.5. The van der Waals surface area contributed by atoms with Crippen molar-refractivity contribution in [1.82, 2.24) is 0 Å². The Balaban J connectivity index is 2.05. The predicted molar refractivity (Wildman–Crippen MR) is 55.2 cm³/mol. The van der Waals surface area contributed by atoms with E-state index in [1.54, 1.807) is 0 Å². The number of carboxylic acids is 1. The van der Waals surface area contributed by atoms with Crippen LogP contribution in [0.25, 0.3) is 0 Å². The number of halogens is 2. The molecule has 15 heavy (non-hydrogen) atoms. The van der Waals surface area contributed by atoms with Gasteiger partial charge in [0.05, 0.1) is 5.92 Å². The van der Waals surface area contributed by atoms with E-state index in [4.69, 9.17) is 5.11 Å². The van der Waals surface area contributed by atoms with Gasteiger partial charge in [0, 0.05) is 10.4 Å². The van der Waals surface area contributed by atoms with Crippen LogP contribution in [0, 0.1) is 17.7 Å². The molecule has 2 aliphatic rings. The molecule has 78 valence electrons. The van der Waals surface area contributed by atoms with Crippen LogP contribution >= 0.6 is 15.9 Å². The second kappa shape index (κ2) is 2.82. The summed E-state index contributed by atoms with van der Waals surface area (Å²) >= 11 is 3.23. The fourth-order valence-corrected chi connectivity index (χ4v) is 3.21. The van der Waals surface area contributed by atoms with Gasteiger partial charge in [-0.3, -0.25) is 4.79 Å². The highest BCUT2D eigenvalue weighted by molar-refractivity contribution is 9.10. The minimum absolute atomic E-state index is 0.0458. The first kappa shape index (κ1) is 9.33. The van der Waals surface area contributed by atoms with Crippen LogP contribution in [0.15, 0.2) is 16.6 Å². The third-order valence-electron chi connectivity index (χ3n) is 3.45. The Kier molecular flexibility index (Phi) is 1.75. The summed E-state index contributed by atoms with van der Waals surface area (Å²) in [6.45, 7) is 0. The molecule has 0 aromatic heterocycles. The molecule has 1 aromatic rings. The summed E-state index contributed by atoms with van der Waals surface area (Å²) in [6.07, 6.45) is 0.579. The highest BCUT2D eigenvalue weighted by atomic mass is 79.9. The topological polar surface area (TPSA) is 37.3 Å². The van der Waals surface area contributed by atoms with Gasteiger partial charge >= 0.3 is 5.97 Å². The minimum Gasteiger partial charge on any atom is -0.481 e. The highest BCUT2D eigenvalue weighted by Gasteiger charge is 2.60. The zero-order valence-electron chi connectivity index (χ0n) is 7.71. The van der Waals surface area contributed by atoms with Crippen molar-refractivity contribution in [3.63, 3.8) is 0 Å². The van der Waals surface area contributed by atoms with E-state index in [2.05, 4.69) is 15.9 Å². The largest absolute Gasteiger partial charge is 0.481 e. The number of aliphatic carboxylic acids is 1. The number of hydrogen-bond donors (Lipinski definition) is 1. The van der Waals surface area contributed by atoms with Gasteiger partial charge in [-0.15, -0.1) is 0 Å². The minimum atomic E-state index is -0.754. The second-order valence-corrected chi connectivity index (χ2v) is 5.13. The lowest BCUT2D eigenvalue weighted by atomic mass is 10.0. The average molecular weight is 271 g/mol. The summed E-state index contributed by atoms with van der Waals surface area (Å²) in [5.74, 6) is -1.08. The van der Waals surface area contributed by atoms with Crippen molar-refractivity contribution in [2.24, 2.45) is 11.8 Å². The van der Waals surface area contributed by atoms with Crippen LogP contribution in [0.1, 0.15) is 17.0 Å². The van der Waals surface area contributed by atoms with Gasteiger partial charge in [0.25, 0.3) is 0 Å². The van der Waals surface area contributed by atoms with Crippen LogP contribution < -0.4 is 0 Å². The van der Waals surface area contributed by atoms with Crippen LogP contribution in [0.5, 0.6) is 0 Å². The quantitative estimate of drug-likeness (QED) is 0.852. The van der Waals surface area contributed by atoms with Crippen molar-refractivity contribution in [2.45, 2.75) is 12.3 Å². The highest BCUT2D eigenvalue weighted by Crippen LogP contribution is 2.62. The first-order valence-corrected chi connectivity index (χ1v) is 5.59. The molecule has 0 saturated heterocycles. The Morgan fingerprint density at radius 3 is 2.93 bits per heavy atom. The molecule has 3 rings (SSSR count). The Morgan fingerprint density at radius 1 is 1.53 bits per heavy atom. The first-order chi connectivity index (χ1) is 7.09. The molecule has 1 saturated carbocycles. The van der Waals surface area contributed by atoms with Gasteiger partial charge in [0.15, 0.2) is 0 Å². The Hall–Kier alpha value is -0.900. The number of benzene rings is 1. The fourth-order valence-electron chi connectivity index (χ4n) is 2.76. The summed E-state index contributed by atoms with van der Waals surface area (Å²) in [5, 5.41) is 8.92. The van der Waals surface area contributed by atoms with E-state index in [1.807, 2.05) is 6.07 Å². The van der Waals surface area contributed by atoms with Gasteiger partial charge in [0.2, 0.25) is 0 Å². The SMILES string of the molecule is O=C(O)[C@@H]1[C@@H]2Cc3c(F)cc(Br)cc3[C@H]21. The van der Waals surface area contributed by atoms with Crippen molar-refractivity contribution in [1.29, 1.82) is 0 Å². The average Bonchev–Trinajstić information content (AvgIpc) is 2.74. The van der Waals surface area contributed by atoms with E-state index in [-0.39, 0.29) is 23.6 Å². The molecular formula is C11H8BrFO2. The zero-order chi connectivity index (χ0) is 10.7. The van der Waals surface area contributed by atoms with Crippen molar-refractivity contribution in [3.8, 4) is 0 Å². The van der Waals surface area contributed by atoms with Gasteiger partial charge in [-0.25, -0.2) is 4.39 Å². The van der Waals surface area contributed by atoms with E-state index in [0.29, 0.717) is 16.5 Å². The lowest BCUT2D eigenvalue weighted by Gasteiger charge is -2.07. The molecule has 1 aromatic carbocycles. The van der Waals surface area contributed by atoms with Crippen LogP contribution in [-0.2, 0) is 11.2 Å². The standard InChI is InChI=1S/C11H8BrFO2/c12-4-1-6-5(8(13)2-4)3-7-9(6)10(7)11(14)15/h1-2,7,9-10H,3H2,(H,14,15)/t7-,9-,10-/m1/s1. The molecule has 1 fully saturated rings. The molecule has 0 spiro atoms. The molecular weight excluding hydrogens is 263 g/mol. The molecule has 0 unspecified atom stereocenters. The van der Waals surface area contributed by atoms with Crippen molar-refractivity contribution < 1.29 is 14.3 Å². The van der Waals surface area contributed by atoms with E-state index in [1.165, 1.54) is 6.07 Å². The normalized spacial score (nSPS) is 30.9. The Labute approximate surface area is 94.2 Å². The summed E-state index contributed by atoms with van der Waals surface area (Å²) in [6, 6.07) is 3.30. The third kappa shape index (κ3) is 1.17. The van der Waals surface area contributed by atoms with Crippen molar-refractivity contribution in [2.75, 3.05) is 0 Å². The number of rotatable bonds is 1. The Bertz CT molecular complexity index is 472. The van der Waals surface area contributed by atoms with Crippen LogP contribution in [0.3, 0.4) is 0 Å². The van der Waals surface area contributed by atoms with Gasteiger partial charge in [-0.05, 0) is 35.6 Å². The van der Waals surface area contributed by atoms with Crippen molar-refractivity contribution in [3.05, 3.63) is 33.5 Å². The van der Waals surface area contributed by atoms with E-state index in [9.17, 15) is 9.18 Å². The van der Waals surface area contributed by atoms with Gasteiger partial charge in [-0.2, -0.15) is 0 Å². The van der Waals surface area contributed by atoms with Crippen molar-refractivity contribution >= 4 is 21.9 Å². The predicted octanol–water partition coefficient (Wildman–Crippen LogP) is 2.56. The molecule has 4 heteroatoms. The van der Waals surface area contributed by atoms with E-state index < -0.39 is 5.97 Å². The fraction of sp³-hybridized carbons (Fsp3) is 0.364.